The van der Waals surface area contributed by atoms with Gasteiger partial charge in [0.15, 0.2) is 0 Å². The van der Waals surface area contributed by atoms with Crippen LogP contribution in [0.4, 0.5) is 5.13 Å². The molecule has 0 fully saturated rings. The molecule has 1 N–H and O–H groups in total. The van der Waals surface area contributed by atoms with Crippen LogP contribution >= 0.6 is 27.3 Å². The van der Waals surface area contributed by atoms with Crippen molar-refractivity contribution in [2.75, 3.05) is 7.11 Å². The number of fused-ring (bicyclic) bond motifs is 1. The van der Waals surface area contributed by atoms with Crippen LogP contribution in [0.5, 0.6) is 5.75 Å². The predicted molar refractivity (Wildman–Crippen MR) is 122 cm³/mol. The molecule has 0 aliphatic heterocycles. The van der Waals surface area contributed by atoms with Crippen molar-refractivity contribution in [1.29, 1.82) is 0 Å². The quantitative estimate of drug-likeness (QED) is 0.415. The van der Waals surface area contributed by atoms with Gasteiger partial charge in [0.05, 0.1) is 28.6 Å². The van der Waals surface area contributed by atoms with Crippen molar-refractivity contribution >= 4 is 48.8 Å². The summed E-state index contributed by atoms with van der Waals surface area (Å²) in [4.78, 5) is 22.0. The second-order valence-corrected chi connectivity index (χ2v) is 8.56. The second-order valence-electron chi connectivity index (χ2n) is 6.70. The Morgan fingerprint density at radius 2 is 2.00 bits per heavy atom. The molecule has 0 radical (unpaired) electrons. The molecule has 0 aliphatic carbocycles. The van der Waals surface area contributed by atoms with Crippen LogP contribution in [0.15, 0.2) is 44.6 Å². The van der Waals surface area contributed by atoms with Crippen LogP contribution in [0.2, 0.25) is 0 Å². The molecule has 0 bridgehead atoms. The molecule has 4 rings (SSSR count). The molecule has 0 spiro atoms. The Morgan fingerprint density at radius 3 is 2.76 bits per heavy atom. The van der Waals surface area contributed by atoms with Crippen molar-refractivity contribution < 1.29 is 4.74 Å². The lowest BCUT2D eigenvalue weighted by Gasteiger charge is -2.10. The van der Waals surface area contributed by atoms with E-state index in [1.54, 1.807) is 18.0 Å². The van der Waals surface area contributed by atoms with Gasteiger partial charge in [-0.2, -0.15) is 0 Å². The number of nitrogens with one attached hydrogen (secondary N) is 1. The number of H-pyrrole nitrogens is 1. The average molecular weight is 471 g/mol. The lowest BCUT2D eigenvalue weighted by atomic mass is 10.1. The minimum atomic E-state index is -0.140. The molecule has 2 heterocycles. The molecule has 2 aromatic heterocycles. The molecular formula is C21H19BrN4O2S. The fourth-order valence-electron chi connectivity index (χ4n) is 3.09. The first-order valence-corrected chi connectivity index (χ1v) is 10.6. The monoisotopic (exact) mass is 470 g/mol. The Kier molecular flexibility index (Phi) is 5.14. The number of aromatic nitrogens is 3. The maximum Gasteiger partial charge on any atom is 0.280 e. The van der Waals surface area contributed by atoms with Crippen molar-refractivity contribution in [2.45, 2.75) is 20.8 Å². The van der Waals surface area contributed by atoms with Gasteiger partial charge in [-0.05, 0) is 62.2 Å². The summed E-state index contributed by atoms with van der Waals surface area (Å²) < 4.78 is 8.82. The number of thiazole rings is 1. The standard InChI is InChI=1S/C21H19BrN4O2S/c1-11-12(2)18(8-6-16(11)22)26-20(27)15(13(3)25-26)10-23-21-24-17-7-5-14(28-4)9-19(17)29-21/h5-10,25H,1-4H3. The largest absolute Gasteiger partial charge is 0.497 e. The van der Waals surface area contributed by atoms with Gasteiger partial charge in [0.25, 0.3) is 5.56 Å². The van der Waals surface area contributed by atoms with Gasteiger partial charge in [-0.1, -0.05) is 27.3 Å². The number of aromatic amines is 1. The number of aliphatic imine (C=N–C) groups is 1. The number of hydrogen-bond acceptors (Lipinski definition) is 5. The normalized spacial score (nSPS) is 11.6. The van der Waals surface area contributed by atoms with Gasteiger partial charge < -0.3 is 4.74 Å². The topological polar surface area (TPSA) is 72.3 Å². The van der Waals surface area contributed by atoms with E-state index in [1.165, 1.54) is 11.3 Å². The third kappa shape index (κ3) is 3.54. The second kappa shape index (κ2) is 7.61. The molecule has 0 unspecified atom stereocenters. The Morgan fingerprint density at radius 1 is 1.21 bits per heavy atom. The Labute approximate surface area is 180 Å². The maximum absolute atomic E-state index is 13.0. The number of halogens is 1. The summed E-state index contributed by atoms with van der Waals surface area (Å²) in [5.41, 5.74) is 4.94. The summed E-state index contributed by atoms with van der Waals surface area (Å²) in [7, 11) is 1.63. The number of hydrogen-bond donors (Lipinski definition) is 1. The van der Waals surface area contributed by atoms with E-state index >= 15 is 0 Å². The van der Waals surface area contributed by atoms with Crippen molar-refractivity contribution in [3.05, 3.63) is 67.5 Å². The molecule has 0 saturated carbocycles. The molecule has 8 heteroatoms. The van der Waals surface area contributed by atoms with Crippen molar-refractivity contribution in [3.8, 4) is 11.4 Å². The van der Waals surface area contributed by atoms with E-state index in [1.807, 2.05) is 51.1 Å². The van der Waals surface area contributed by atoms with Crippen LogP contribution in [0.3, 0.4) is 0 Å². The average Bonchev–Trinajstić information content (AvgIpc) is 3.24. The summed E-state index contributed by atoms with van der Waals surface area (Å²) in [5.74, 6) is 0.779. The highest BCUT2D eigenvalue weighted by Gasteiger charge is 2.14. The molecule has 2 aromatic carbocycles. The predicted octanol–water partition coefficient (Wildman–Crippen LogP) is 5.22. The molecule has 6 nitrogen and oxygen atoms in total. The van der Waals surface area contributed by atoms with Gasteiger partial charge in [-0.15, -0.1) is 0 Å². The highest BCUT2D eigenvalue weighted by atomic mass is 79.9. The SMILES string of the molecule is COc1ccc2nc(N=Cc3c(C)[nH]n(-c4ccc(Br)c(C)c4C)c3=O)sc2c1. The van der Waals surface area contributed by atoms with Crippen LogP contribution in [-0.4, -0.2) is 28.1 Å². The molecule has 0 atom stereocenters. The van der Waals surface area contributed by atoms with Gasteiger partial charge in [0.1, 0.15) is 5.75 Å². The van der Waals surface area contributed by atoms with Crippen molar-refractivity contribution in [2.24, 2.45) is 4.99 Å². The van der Waals surface area contributed by atoms with E-state index in [9.17, 15) is 4.79 Å². The Bertz CT molecular complexity index is 1320. The first kappa shape index (κ1) is 19.6. The van der Waals surface area contributed by atoms with E-state index in [0.717, 1.165) is 42.9 Å². The van der Waals surface area contributed by atoms with E-state index in [0.29, 0.717) is 10.7 Å². The first-order chi connectivity index (χ1) is 13.9. The van der Waals surface area contributed by atoms with Gasteiger partial charge in [0, 0.05) is 16.4 Å². The third-order valence-corrected chi connectivity index (χ3v) is 6.72. The number of aryl methyl sites for hydroxylation is 1. The molecule has 0 aliphatic rings. The number of ether oxygens (including phenoxy) is 1. The summed E-state index contributed by atoms with van der Waals surface area (Å²) in [6.07, 6.45) is 1.58. The summed E-state index contributed by atoms with van der Waals surface area (Å²) in [6, 6.07) is 9.57. The van der Waals surface area contributed by atoms with Crippen LogP contribution in [-0.2, 0) is 0 Å². The van der Waals surface area contributed by atoms with Crippen LogP contribution in [0, 0.1) is 20.8 Å². The van der Waals surface area contributed by atoms with Crippen LogP contribution in [0.25, 0.3) is 15.9 Å². The molecule has 0 amide bonds. The summed E-state index contributed by atoms with van der Waals surface area (Å²) in [6.45, 7) is 5.89. The highest BCUT2D eigenvalue weighted by molar-refractivity contribution is 9.10. The zero-order chi connectivity index (χ0) is 20.7. The van der Waals surface area contributed by atoms with E-state index < -0.39 is 0 Å². The zero-order valence-corrected chi connectivity index (χ0v) is 18.8. The zero-order valence-electron chi connectivity index (χ0n) is 16.4. The lowest BCUT2D eigenvalue weighted by Crippen LogP contribution is -2.18. The summed E-state index contributed by atoms with van der Waals surface area (Å²) in [5, 5.41) is 3.75. The molecule has 4 aromatic rings. The molecule has 29 heavy (non-hydrogen) atoms. The van der Waals surface area contributed by atoms with E-state index in [4.69, 9.17) is 4.74 Å². The van der Waals surface area contributed by atoms with Gasteiger partial charge in [0.2, 0.25) is 5.13 Å². The smallest absolute Gasteiger partial charge is 0.280 e. The number of rotatable bonds is 4. The van der Waals surface area contributed by atoms with Gasteiger partial charge in [-0.3, -0.25) is 9.89 Å². The fourth-order valence-corrected chi connectivity index (χ4v) is 4.36. The first-order valence-electron chi connectivity index (χ1n) is 8.95. The Hall–Kier alpha value is -2.71. The number of benzene rings is 2. The van der Waals surface area contributed by atoms with E-state index in [2.05, 4.69) is 31.0 Å². The summed E-state index contributed by atoms with van der Waals surface area (Å²) >= 11 is 4.99. The lowest BCUT2D eigenvalue weighted by molar-refractivity contribution is 0.415. The van der Waals surface area contributed by atoms with E-state index in [-0.39, 0.29) is 5.56 Å². The van der Waals surface area contributed by atoms with Crippen molar-refractivity contribution in [1.82, 2.24) is 14.8 Å². The number of methoxy groups -OCH3 is 1. The van der Waals surface area contributed by atoms with Gasteiger partial charge >= 0.3 is 0 Å². The maximum atomic E-state index is 13.0. The highest BCUT2D eigenvalue weighted by Crippen LogP contribution is 2.30. The van der Waals surface area contributed by atoms with Gasteiger partial charge in [-0.25, -0.2) is 14.7 Å². The third-order valence-electron chi connectivity index (χ3n) is 4.94. The van der Waals surface area contributed by atoms with Crippen LogP contribution < -0.4 is 10.3 Å². The number of nitrogens with zero attached hydrogens (tertiary/aromatic N) is 3. The minimum Gasteiger partial charge on any atom is -0.497 e. The molecule has 148 valence electrons. The van der Waals surface area contributed by atoms with Crippen molar-refractivity contribution in [3.63, 3.8) is 0 Å². The molecule has 0 saturated heterocycles. The van der Waals surface area contributed by atoms with Crippen LogP contribution in [0.1, 0.15) is 22.4 Å². The minimum absolute atomic E-state index is 0.140. The fraction of sp³-hybridized carbons (Fsp3) is 0.190. The Balaban J connectivity index is 1.72. The molecular weight excluding hydrogens is 452 g/mol.